The van der Waals surface area contributed by atoms with Crippen LogP contribution in [0.25, 0.3) is 21.9 Å². The number of rotatable bonds is 9. The van der Waals surface area contributed by atoms with Crippen LogP contribution in [0.15, 0.2) is 109 Å². The lowest BCUT2D eigenvalue weighted by molar-refractivity contribution is 0.00517. The van der Waals surface area contributed by atoms with Gasteiger partial charge in [-0.05, 0) is 66.2 Å². The molecule has 5 heteroatoms. The molecule has 5 rings (SSSR count). The summed E-state index contributed by atoms with van der Waals surface area (Å²) in [7, 11) is 5.66. The van der Waals surface area contributed by atoms with E-state index in [2.05, 4.69) is 47.4 Å². The van der Waals surface area contributed by atoms with E-state index in [4.69, 9.17) is 9.72 Å². The summed E-state index contributed by atoms with van der Waals surface area (Å²) in [5, 5.41) is 24.5. The molecule has 5 nitrogen and oxygen atoms in total. The second kappa shape index (κ2) is 11.7. The summed E-state index contributed by atoms with van der Waals surface area (Å²) in [5.74, 6) is -0.0185. The van der Waals surface area contributed by atoms with E-state index in [0.29, 0.717) is 24.4 Å². The van der Waals surface area contributed by atoms with Crippen molar-refractivity contribution in [1.82, 2.24) is 9.88 Å². The average molecular weight is 528 g/mol. The van der Waals surface area contributed by atoms with Crippen LogP contribution in [0.4, 0.5) is 0 Å². The first kappa shape index (κ1) is 27.1. The standard InChI is InChI=1S/C35H33N3O2/c1-38(2)21-20-35(39,32-15-9-13-27-10-7-8-14-30(27)32)33(28-11-5-4-6-12-28)31-22-29(24-37-34(31)40-3)26-18-16-25(23-36)17-19-26/h4-19,22,24,33,39H,20-21H2,1-3H3. The van der Waals surface area contributed by atoms with Gasteiger partial charge in [-0.1, -0.05) is 84.9 Å². The summed E-state index contributed by atoms with van der Waals surface area (Å²) in [6.07, 6.45) is 2.26. The zero-order chi connectivity index (χ0) is 28.1. The van der Waals surface area contributed by atoms with Gasteiger partial charge in [-0.25, -0.2) is 4.98 Å². The van der Waals surface area contributed by atoms with Gasteiger partial charge in [0.15, 0.2) is 0 Å². The van der Waals surface area contributed by atoms with Gasteiger partial charge in [0.2, 0.25) is 5.88 Å². The minimum Gasteiger partial charge on any atom is -0.481 e. The molecule has 0 aliphatic carbocycles. The topological polar surface area (TPSA) is 69.4 Å². The minimum atomic E-state index is -1.30. The Morgan fingerprint density at radius 1 is 0.900 bits per heavy atom. The van der Waals surface area contributed by atoms with Gasteiger partial charge in [0.1, 0.15) is 5.60 Å². The van der Waals surface area contributed by atoms with Crippen LogP contribution in [0.2, 0.25) is 0 Å². The van der Waals surface area contributed by atoms with Crippen molar-refractivity contribution in [1.29, 1.82) is 5.26 Å². The average Bonchev–Trinajstić information content (AvgIpc) is 3.00. The number of benzene rings is 4. The monoisotopic (exact) mass is 527 g/mol. The molecule has 0 radical (unpaired) electrons. The van der Waals surface area contributed by atoms with Crippen LogP contribution in [0, 0.1) is 11.3 Å². The van der Waals surface area contributed by atoms with E-state index in [-0.39, 0.29) is 0 Å². The van der Waals surface area contributed by atoms with Crippen molar-refractivity contribution < 1.29 is 9.84 Å². The lowest BCUT2D eigenvalue weighted by Crippen LogP contribution is -2.38. The van der Waals surface area contributed by atoms with Crippen LogP contribution in [0.3, 0.4) is 0 Å². The fourth-order valence-corrected chi connectivity index (χ4v) is 5.53. The maximum Gasteiger partial charge on any atom is 0.217 e. The maximum absolute atomic E-state index is 13.1. The Hall–Kier alpha value is -4.50. The molecule has 0 aliphatic heterocycles. The molecule has 0 fully saturated rings. The smallest absolute Gasteiger partial charge is 0.217 e. The molecule has 1 heterocycles. The number of nitrogens with zero attached hydrogens (tertiary/aromatic N) is 3. The van der Waals surface area contributed by atoms with E-state index in [1.54, 1.807) is 25.4 Å². The van der Waals surface area contributed by atoms with E-state index in [0.717, 1.165) is 38.6 Å². The molecule has 0 bridgehead atoms. The van der Waals surface area contributed by atoms with Crippen molar-refractivity contribution in [2.24, 2.45) is 0 Å². The molecular weight excluding hydrogens is 494 g/mol. The highest BCUT2D eigenvalue weighted by Crippen LogP contribution is 2.49. The van der Waals surface area contributed by atoms with E-state index in [1.807, 2.05) is 68.7 Å². The number of hydrogen-bond acceptors (Lipinski definition) is 5. The molecule has 0 saturated carbocycles. The summed E-state index contributed by atoms with van der Waals surface area (Å²) in [4.78, 5) is 6.82. The van der Waals surface area contributed by atoms with Gasteiger partial charge in [-0.15, -0.1) is 0 Å². The first-order valence-electron chi connectivity index (χ1n) is 13.4. The van der Waals surface area contributed by atoms with Crippen LogP contribution in [-0.2, 0) is 5.60 Å². The van der Waals surface area contributed by atoms with E-state index in [1.165, 1.54) is 0 Å². The van der Waals surface area contributed by atoms with E-state index in [9.17, 15) is 10.4 Å². The van der Waals surface area contributed by atoms with Crippen molar-refractivity contribution in [3.05, 3.63) is 132 Å². The highest BCUT2D eigenvalue weighted by molar-refractivity contribution is 5.86. The molecule has 1 aromatic heterocycles. The molecule has 2 unspecified atom stereocenters. The molecule has 0 spiro atoms. The van der Waals surface area contributed by atoms with Crippen molar-refractivity contribution in [2.75, 3.05) is 27.7 Å². The third-order valence-electron chi connectivity index (χ3n) is 7.54. The second-order valence-electron chi connectivity index (χ2n) is 10.4. The predicted octanol–water partition coefficient (Wildman–Crippen LogP) is 6.75. The highest BCUT2D eigenvalue weighted by Gasteiger charge is 2.43. The van der Waals surface area contributed by atoms with Crippen molar-refractivity contribution in [3.63, 3.8) is 0 Å². The molecule has 0 aliphatic rings. The largest absolute Gasteiger partial charge is 0.481 e. The number of hydrogen-bond donors (Lipinski definition) is 1. The number of ether oxygens (including phenoxy) is 1. The molecule has 4 aromatic carbocycles. The third kappa shape index (κ3) is 5.33. The van der Waals surface area contributed by atoms with Gasteiger partial charge in [-0.2, -0.15) is 5.26 Å². The van der Waals surface area contributed by atoms with Gasteiger partial charge in [0.25, 0.3) is 0 Å². The predicted molar refractivity (Wildman–Crippen MR) is 160 cm³/mol. The number of pyridine rings is 1. The number of aromatic nitrogens is 1. The zero-order valence-corrected chi connectivity index (χ0v) is 23.1. The summed E-state index contributed by atoms with van der Waals surface area (Å²) >= 11 is 0. The number of aliphatic hydroxyl groups is 1. The fourth-order valence-electron chi connectivity index (χ4n) is 5.53. The van der Waals surface area contributed by atoms with Crippen molar-refractivity contribution >= 4 is 10.8 Å². The van der Waals surface area contributed by atoms with Crippen LogP contribution in [0.1, 0.15) is 34.6 Å². The number of nitriles is 1. The molecule has 200 valence electrons. The van der Waals surface area contributed by atoms with E-state index >= 15 is 0 Å². The SMILES string of the molecule is COc1ncc(-c2ccc(C#N)cc2)cc1C(c1ccccc1)C(O)(CCN(C)C)c1cccc2ccccc12. The third-order valence-corrected chi connectivity index (χ3v) is 7.54. The summed E-state index contributed by atoms with van der Waals surface area (Å²) in [5.41, 5.74) is 3.75. The Kier molecular flexibility index (Phi) is 7.93. The Balaban J connectivity index is 1.79. The second-order valence-corrected chi connectivity index (χ2v) is 10.4. The van der Waals surface area contributed by atoms with E-state index < -0.39 is 11.5 Å². The van der Waals surface area contributed by atoms with Gasteiger partial charge in [0.05, 0.1) is 18.7 Å². The first-order valence-corrected chi connectivity index (χ1v) is 13.4. The Bertz CT molecular complexity index is 1640. The molecule has 0 saturated heterocycles. The lowest BCUT2D eigenvalue weighted by Gasteiger charge is -2.39. The summed E-state index contributed by atoms with van der Waals surface area (Å²) < 4.78 is 5.84. The number of fused-ring (bicyclic) bond motifs is 1. The van der Waals surface area contributed by atoms with Gasteiger partial charge < -0.3 is 14.7 Å². The van der Waals surface area contributed by atoms with Gasteiger partial charge in [-0.3, -0.25) is 0 Å². The normalized spacial score (nSPS) is 13.5. The quantitative estimate of drug-likeness (QED) is 0.230. The molecule has 0 amide bonds. The van der Waals surface area contributed by atoms with Crippen LogP contribution in [0.5, 0.6) is 5.88 Å². The van der Waals surface area contributed by atoms with Crippen molar-refractivity contribution in [2.45, 2.75) is 17.9 Å². The highest BCUT2D eigenvalue weighted by atomic mass is 16.5. The molecule has 5 aromatic rings. The van der Waals surface area contributed by atoms with Crippen molar-refractivity contribution in [3.8, 4) is 23.1 Å². The molecular formula is C35H33N3O2. The zero-order valence-electron chi connectivity index (χ0n) is 23.1. The van der Waals surface area contributed by atoms with Gasteiger partial charge in [0, 0.05) is 29.8 Å². The van der Waals surface area contributed by atoms with Gasteiger partial charge >= 0.3 is 0 Å². The molecule has 40 heavy (non-hydrogen) atoms. The minimum absolute atomic E-state index is 0.467. The fraction of sp³-hybridized carbons (Fsp3) is 0.200. The molecule has 1 N–H and O–H groups in total. The van der Waals surface area contributed by atoms with Crippen LogP contribution < -0.4 is 4.74 Å². The molecule has 2 atom stereocenters. The summed E-state index contributed by atoms with van der Waals surface area (Å²) in [6, 6.07) is 36.1. The number of methoxy groups -OCH3 is 1. The Morgan fingerprint density at radius 3 is 2.30 bits per heavy atom. The Morgan fingerprint density at radius 2 is 1.60 bits per heavy atom. The van der Waals surface area contributed by atoms with Crippen LogP contribution in [-0.4, -0.2) is 42.7 Å². The maximum atomic E-state index is 13.1. The van der Waals surface area contributed by atoms with Crippen LogP contribution >= 0.6 is 0 Å². The lowest BCUT2D eigenvalue weighted by atomic mass is 9.70. The Labute approximate surface area is 235 Å². The first-order chi connectivity index (χ1) is 19.4. The summed E-state index contributed by atoms with van der Waals surface area (Å²) in [6.45, 7) is 0.675.